The molecule has 33 heavy (non-hydrogen) atoms. The van der Waals surface area contributed by atoms with Crippen molar-refractivity contribution in [3.05, 3.63) is 76.8 Å². The molecule has 0 spiro atoms. The highest BCUT2D eigenvalue weighted by Gasteiger charge is 2.35. The van der Waals surface area contributed by atoms with Crippen LogP contribution in [0.25, 0.3) is 11.3 Å². The topological polar surface area (TPSA) is 114 Å². The number of aromatic nitrogens is 3. The van der Waals surface area contributed by atoms with E-state index in [1.165, 1.54) is 0 Å². The second-order valence-electron chi connectivity index (χ2n) is 7.58. The summed E-state index contributed by atoms with van der Waals surface area (Å²) < 4.78 is 10.9. The number of rotatable bonds is 5. The minimum absolute atomic E-state index is 0.0283. The van der Waals surface area contributed by atoms with Crippen LogP contribution in [0.5, 0.6) is 0 Å². The first-order valence-corrected chi connectivity index (χ1v) is 10.6. The van der Waals surface area contributed by atoms with Gasteiger partial charge in [-0.1, -0.05) is 58.3 Å². The summed E-state index contributed by atoms with van der Waals surface area (Å²) in [5.41, 5.74) is 1.91. The van der Waals surface area contributed by atoms with Gasteiger partial charge in [-0.15, -0.1) is 5.10 Å². The smallest absolute Gasteiger partial charge is 0.322 e. The summed E-state index contributed by atoms with van der Waals surface area (Å²) in [5, 5.41) is 15.0. The van der Waals surface area contributed by atoms with Crippen LogP contribution in [0.2, 0.25) is 5.02 Å². The maximum absolute atomic E-state index is 13.0. The van der Waals surface area contributed by atoms with Crippen molar-refractivity contribution < 1.29 is 18.5 Å². The molecule has 1 fully saturated rings. The van der Waals surface area contributed by atoms with Crippen LogP contribution < -0.4 is 10.2 Å². The molecule has 1 N–H and O–H groups in total. The van der Waals surface area contributed by atoms with E-state index in [2.05, 4.69) is 20.7 Å². The third-order valence-electron chi connectivity index (χ3n) is 5.42. The zero-order valence-corrected chi connectivity index (χ0v) is 18.2. The van der Waals surface area contributed by atoms with Crippen molar-refractivity contribution in [3.8, 4) is 11.3 Å². The number of nitrogens with zero attached hydrogens (tertiary/aromatic N) is 4. The van der Waals surface area contributed by atoms with E-state index < -0.39 is 5.91 Å². The normalized spacial score (nSPS) is 15.8. The molecular weight excluding hydrogens is 446 g/mol. The Morgan fingerprint density at radius 3 is 2.67 bits per heavy atom. The standard InChI is InChI=1S/C23H18ClN5O4/c1-13-19(20(28-33-13)16-9-5-6-10-17(16)24)21(31)25-23-27-26-22(32-23)14-11-18(30)29(12-14)15-7-3-2-4-8-15/h2-10,14H,11-12H2,1H3,(H,25,27,31)/t14-/m0/s1. The predicted octanol–water partition coefficient (Wildman–Crippen LogP) is 4.46. The number of hydrogen-bond donors (Lipinski definition) is 1. The SMILES string of the molecule is Cc1onc(-c2ccccc2Cl)c1C(=O)Nc1nnc([C@H]2CC(=O)N(c3ccccc3)C2)o1. The molecule has 166 valence electrons. The van der Waals surface area contributed by atoms with Crippen LogP contribution in [0.1, 0.15) is 34.3 Å². The fourth-order valence-corrected chi connectivity index (χ4v) is 4.04. The van der Waals surface area contributed by atoms with Crippen molar-refractivity contribution in [2.24, 2.45) is 0 Å². The second kappa shape index (κ2) is 8.51. The zero-order chi connectivity index (χ0) is 22.9. The Balaban J connectivity index is 1.33. The van der Waals surface area contributed by atoms with Gasteiger partial charge in [0, 0.05) is 24.2 Å². The van der Waals surface area contributed by atoms with Crippen LogP contribution in [-0.4, -0.2) is 33.7 Å². The fourth-order valence-electron chi connectivity index (χ4n) is 3.82. The minimum atomic E-state index is -0.521. The molecular formula is C23H18ClN5O4. The summed E-state index contributed by atoms with van der Waals surface area (Å²) in [6.45, 7) is 2.05. The van der Waals surface area contributed by atoms with Gasteiger partial charge in [0.1, 0.15) is 17.0 Å². The highest BCUT2D eigenvalue weighted by Crippen LogP contribution is 2.33. The van der Waals surface area contributed by atoms with Crippen molar-refractivity contribution in [2.75, 3.05) is 16.8 Å². The van der Waals surface area contributed by atoms with Gasteiger partial charge < -0.3 is 13.8 Å². The summed E-state index contributed by atoms with van der Waals surface area (Å²) >= 11 is 6.26. The molecule has 1 aliphatic rings. The van der Waals surface area contributed by atoms with Gasteiger partial charge in [0.15, 0.2) is 0 Å². The molecule has 9 nitrogen and oxygen atoms in total. The molecule has 0 radical (unpaired) electrons. The Labute approximate surface area is 193 Å². The van der Waals surface area contributed by atoms with E-state index in [-0.39, 0.29) is 35.7 Å². The number of carbonyl (C=O) groups excluding carboxylic acids is 2. The summed E-state index contributed by atoms with van der Waals surface area (Å²) in [7, 11) is 0. The van der Waals surface area contributed by atoms with Crippen molar-refractivity contribution >= 4 is 35.1 Å². The molecule has 10 heteroatoms. The lowest BCUT2D eigenvalue weighted by molar-refractivity contribution is -0.117. The van der Waals surface area contributed by atoms with E-state index in [0.717, 1.165) is 5.69 Å². The molecule has 0 aliphatic carbocycles. The molecule has 1 aliphatic heterocycles. The van der Waals surface area contributed by atoms with Crippen LogP contribution in [0.15, 0.2) is 63.5 Å². The summed E-state index contributed by atoms with van der Waals surface area (Å²) in [6, 6.07) is 16.3. The van der Waals surface area contributed by atoms with Gasteiger partial charge in [0.2, 0.25) is 11.8 Å². The second-order valence-corrected chi connectivity index (χ2v) is 7.99. The van der Waals surface area contributed by atoms with Crippen molar-refractivity contribution in [1.29, 1.82) is 0 Å². The number of anilines is 2. The van der Waals surface area contributed by atoms with Gasteiger partial charge in [-0.3, -0.25) is 14.9 Å². The lowest BCUT2D eigenvalue weighted by Gasteiger charge is -2.15. The molecule has 2 aromatic heterocycles. The van der Waals surface area contributed by atoms with Gasteiger partial charge in [-0.05, 0) is 25.1 Å². The molecule has 5 rings (SSSR count). The number of nitrogens with one attached hydrogen (secondary N) is 1. The molecule has 0 unspecified atom stereocenters. The van der Waals surface area contributed by atoms with E-state index in [1.807, 2.05) is 30.3 Å². The zero-order valence-electron chi connectivity index (χ0n) is 17.5. The Bertz CT molecular complexity index is 1330. The minimum Gasteiger partial charge on any atom is -0.407 e. The lowest BCUT2D eigenvalue weighted by atomic mass is 10.1. The van der Waals surface area contributed by atoms with Crippen molar-refractivity contribution in [3.63, 3.8) is 0 Å². The quantitative estimate of drug-likeness (QED) is 0.464. The summed E-state index contributed by atoms with van der Waals surface area (Å²) in [6.07, 6.45) is 0.242. The summed E-state index contributed by atoms with van der Waals surface area (Å²) in [5.74, 6) is -0.217. The number of halogens is 1. The van der Waals surface area contributed by atoms with E-state index in [1.54, 1.807) is 36.1 Å². The average Bonchev–Trinajstić information content (AvgIpc) is 3.53. The van der Waals surface area contributed by atoms with Crippen molar-refractivity contribution in [2.45, 2.75) is 19.3 Å². The number of benzene rings is 2. The molecule has 3 heterocycles. The van der Waals surface area contributed by atoms with Gasteiger partial charge in [0.05, 0.1) is 10.9 Å². The maximum Gasteiger partial charge on any atom is 0.322 e. The molecule has 0 bridgehead atoms. The lowest BCUT2D eigenvalue weighted by Crippen LogP contribution is -2.24. The van der Waals surface area contributed by atoms with Crippen molar-refractivity contribution in [1.82, 2.24) is 15.4 Å². The Morgan fingerprint density at radius 1 is 1.12 bits per heavy atom. The number of para-hydroxylation sites is 1. The van der Waals surface area contributed by atoms with E-state index in [0.29, 0.717) is 28.6 Å². The first kappa shape index (κ1) is 20.9. The molecule has 4 aromatic rings. The summed E-state index contributed by atoms with van der Waals surface area (Å²) in [4.78, 5) is 27.1. The Kier molecular flexibility index (Phi) is 5.39. The number of amides is 2. The van der Waals surface area contributed by atoms with E-state index >= 15 is 0 Å². The monoisotopic (exact) mass is 463 g/mol. The van der Waals surface area contributed by atoms with Gasteiger partial charge in [-0.2, -0.15) is 0 Å². The average molecular weight is 464 g/mol. The van der Waals surface area contributed by atoms with E-state index in [4.69, 9.17) is 20.5 Å². The Hall–Kier alpha value is -3.98. The fraction of sp³-hybridized carbons (Fsp3) is 0.174. The molecule has 1 saturated heterocycles. The predicted molar refractivity (Wildman–Crippen MR) is 120 cm³/mol. The molecule has 2 aromatic carbocycles. The highest BCUT2D eigenvalue weighted by atomic mass is 35.5. The van der Waals surface area contributed by atoms with Gasteiger partial charge >= 0.3 is 6.01 Å². The van der Waals surface area contributed by atoms with Crippen LogP contribution in [0, 0.1) is 6.92 Å². The number of hydrogen-bond acceptors (Lipinski definition) is 7. The highest BCUT2D eigenvalue weighted by molar-refractivity contribution is 6.33. The molecule has 0 saturated carbocycles. The van der Waals surface area contributed by atoms with Crippen LogP contribution in [-0.2, 0) is 4.79 Å². The van der Waals surface area contributed by atoms with Gasteiger partial charge in [0.25, 0.3) is 5.91 Å². The van der Waals surface area contributed by atoms with Crippen LogP contribution >= 0.6 is 11.6 Å². The third kappa shape index (κ3) is 3.98. The molecule has 1 atom stereocenters. The Morgan fingerprint density at radius 2 is 1.88 bits per heavy atom. The first-order chi connectivity index (χ1) is 16.0. The first-order valence-electron chi connectivity index (χ1n) is 10.2. The van der Waals surface area contributed by atoms with Crippen LogP contribution in [0.3, 0.4) is 0 Å². The molecule has 2 amide bonds. The number of carbonyl (C=O) groups is 2. The van der Waals surface area contributed by atoms with E-state index in [9.17, 15) is 9.59 Å². The number of aryl methyl sites for hydroxylation is 1. The third-order valence-corrected chi connectivity index (χ3v) is 5.75. The largest absolute Gasteiger partial charge is 0.407 e. The maximum atomic E-state index is 13.0. The van der Waals surface area contributed by atoms with Gasteiger partial charge in [-0.25, -0.2) is 0 Å². The van der Waals surface area contributed by atoms with Crippen LogP contribution in [0.4, 0.5) is 11.7 Å².